The number of rotatable bonds is 9. The third kappa shape index (κ3) is 5.69. The maximum atomic E-state index is 12.6. The van der Waals surface area contributed by atoms with Crippen LogP contribution in [0.4, 0.5) is 0 Å². The Hall–Kier alpha value is -4.57. The van der Waals surface area contributed by atoms with Gasteiger partial charge in [-0.15, -0.1) is 0 Å². The van der Waals surface area contributed by atoms with Gasteiger partial charge in [0.1, 0.15) is 17.8 Å². The van der Waals surface area contributed by atoms with E-state index in [9.17, 15) is 19.5 Å². The summed E-state index contributed by atoms with van der Waals surface area (Å²) in [5.74, 6) is -0.662. The summed E-state index contributed by atoms with van der Waals surface area (Å²) in [4.78, 5) is 38.8. The van der Waals surface area contributed by atoms with Crippen molar-refractivity contribution in [1.29, 1.82) is 0 Å². The summed E-state index contributed by atoms with van der Waals surface area (Å²) < 4.78 is 19.2. The molecular weight excluding hydrogens is 524 g/mol. The molecule has 0 spiro atoms. The molecule has 1 aromatic heterocycles. The molecule has 0 saturated carbocycles. The van der Waals surface area contributed by atoms with E-state index in [-0.39, 0.29) is 18.8 Å². The van der Waals surface area contributed by atoms with Crippen LogP contribution in [0.5, 0.6) is 0 Å². The van der Waals surface area contributed by atoms with Gasteiger partial charge in [0.15, 0.2) is 6.23 Å². The fourth-order valence-corrected chi connectivity index (χ4v) is 5.12. The van der Waals surface area contributed by atoms with Crippen molar-refractivity contribution in [3.63, 3.8) is 0 Å². The van der Waals surface area contributed by atoms with Crippen molar-refractivity contribution in [2.75, 3.05) is 13.2 Å². The minimum atomic E-state index is -1.39. The summed E-state index contributed by atoms with van der Waals surface area (Å²) in [6, 6.07) is 30.4. The molecule has 1 aliphatic rings. The molecule has 9 nitrogen and oxygen atoms in total. The molecule has 41 heavy (non-hydrogen) atoms. The average Bonchev–Trinajstić information content (AvgIpc) is 3.29. The van der Waals surface area contributed by atoms with E-state index in [0.717, 1.165) is 27.3 Å². The van der Waals surface area contributed by atoms with E-state index in [1.807, 2.05) is 91.0 Å². The van der Waals surface area contributed by atoms with E-state index in [1.165, 1.54) is 12.3 Å². The zero-order valence-electron chi connectivity index (χ0n) is 22.4. The van der Waals surface area contributed by atoms with Crippen molar-refractivity contribution in [2.24, 2.45) is 0 Å². The molecular formula is C32H30N2O7. The van der Waals surface area contributed by atoms with Gasteiger partial charge in [-0.05, 0) is 23.6 Å². The molecule has 3 atom stereocenters. The minimum Gasteiger partial charge on any atom is -0.463 e. The van der Waals surface area contributed by atoms with Gasteiger partial charge in [-0.3, -0.25) is 14.3 Å². The summed E-state index contributed by atoms with van der Waals surface area (Å²) in [5.41, 5.74) is 0.348. The number of benzene rings is 3. The molecule has 0 unspecified atom stereocenters. The van der Waals surface area contributed by atoms with Crippen LogP contribution in [0.15, 0.2) is 124 Å². The summed E-state index contributed by atoms with van der Waals surface area (Å²) >= 11 is 0. The first-order chi connectivity index (χ1) is 19.9. The van der Waals surface area contributed by atoms with Crippen molar-refractivity contribution in [1.82, 2.24) is 9.55 Å². The highest BCUT2D eigenvalue weighted by Gasteiger charge is 2.44. The average molecular weight is 555 g/mol. The Balaban J connectivity index is 1.59. The van der Waals surface area contributed by atoms with Crippen molar-refractivity contribution in [3.05, 3.63) is 152 Å². The molecule has 0 amide bonds. The monoisotopic (exact) mass is 554 g/mol. The molecule has 0 radical (unpaired) electrons. The number of aliphatic hydroxyl groups is 1. The maximum absolute atomic E-state index is 12.6. The highest BCUT2D eigenvalue weighted by atomic mass is 16.6. The van der Waals surface area contributed by atoms with Gasteiger partial charge in [0.25, 0.3) is 5.56 Å². The Morgan fingerprint density at radius 3 is 1.95 bits per heavy atom. The summed E-state index contributed by atoms with van der Waals surface area (Å²) in [5, 5.41) is 11.3. The van der Waals surface area contributed by atoms with E-state index in [1.54, 1.807) is 6.92 Å². The zero-order chi connectivity index (χ0) is 28.8. The fraction of sp³-hybridized carbons (Fsp3) is 0.219. The van der Waals surface area contributed by atoms with Gasteiger partial charge in [-0.25, -0.2) is 9.59 Å². The number of aliphatic hydroxyl groups excluding tert-OH is 1. The molecule has 1 aliphatic heterocycles. The molecule has 4 aromatic rings. The Morgan fingerprint density at radius 1 is 0.927 bits per heavy atom. The second-order valence-electron chi connectivity index (χ2n) is 9.46. The number of hydrogen-bond donors (Lipinski definition) is 2. The lowest BCUT2D eigenvalue weighted by Gasteiger charge is -2.36. The Bertz CT molecular complexity index is 1520. The number of aromatic nitrogens is 2. The van der Waals surface area contributed by atoms with Gasteiger partial charge in [-0.2, -0.15) is 0 Å². The largest absolute Gasteiger partial charge is 0.463 e. The Morgan fingerprint density at radius 2 is 1.46 bits per heavy atom. The number of H-pyrrole nitrogens is 1. The van der Waals surface area contributed by atoms with Crippen molar-refractivity contribution in [2.45, 2.75) is 31.0 Å². The molecule has 2 N–H and O–H groups in total. The first-order valence-electron chi connectivity index (χ1n) is 13.3. The normalized spacial score (nSPS) is 19.8. The predicted octanol–water partition coefficient (Wildman–Crippen LogP) is 3.29. The van der Waals surface area contributed by atoms with E-state index in [2.05, 4.69) is 4.98 Å². The van der Waals surface area contributed by atoms with Gasteiger partial charge in [0, 0.05) is 23.9 Å². The van der Waals surface area contributed by atoms with E-state index >= 15 is 0 Å². The number of nitrogens with zero attached hydrogens (tertiary/aromatic N) is 1. The lowest BCUT2D eigenvalue weighted by atomic mass is 9.80. The molecule has 3 aromatic carbocycles. The second-order valence-corrected chi connectivity index (χ2v) is 9.46. The topological polar surface area (TPSA) is 120 Å². The molecule has 0 aliphatic carbocycles. The van der Waals surface area contributed by atoms with Crippen LogP contribution >= 0.6 is 0 Å². The zero-order valence-corrected chi connectivity index (χ0v) is 22.4. The predicted molar refractivity (Wildman–Crippen MR) is 151 cm³/mol. The molecule has 5 rings (SSSR count). The first-order valence-corrected chi connectivity index (χ1v) is 13.3. The van der Waals surface area contributed by atoms with Crippen LogP contribution in [0.3, 0.4) is 0 Å². The van der Waals surface area contributed by atoms with E-state index in [0.29, 0.717) is 0 Å². The maximum Gasteiger partial charge on any atom is 0.330 e. The van der Waals surface area contributed by atoms with Crippen LogP contribution in [0.2, 0.25) is 0 Å². The van der Waals surface area contributed by atoms with Crippen molar-refractivity contribution < 1.29 is 24.1 Å². The first kappa shape index (κ1) is 28.0. The van der Waals surface area contributed by atoms with Gasteiger partial charge in [0.05, 0.1) is 13.2 Å². The number of ether oxygens (including phenoxy) is 3. The molecule has 1 fully saturated rings. The van der Waals surface area contributed by atoms with Gasteiger partial charge in [-0.1, -0.05) is 91.0 Å². The fourth-order valence-electron chi connectivity index (χ4n) is 5.12. The van der Waals surface area contributed by atoms with E-state index in [4.69, 9.17) is 14.2 Å². The third-order valence-corrected chi connectivity index (χ3v) is 6.98. The molecule has 9 heteroatoms. The van der Waals surface area contributed by atoms with Crippen LogP contribution in [0, 0.1) is 0 Å². The van der Waals surface area contributed by atoms with Crippen LogP contribution in [-0.2, 0) is 24.6 Å². The summed E-state index contributed by atoms with van der Waals surface area (Å²) in [6.07, 6.45) is -1.13. The third-order valence-electron chi connectivity index (χ3n) is 6.98. The van der Waals surface area contributed by atoms with Gasteiger partial charge < -0.3 is 19.3 Å². The van der Waals surface area contributed by atoms with Crippen LogP contribution in [0.25, 0.3) is 0 Å². The number of hydrogen-bond acceptors (Lipinski definition) is 7. The van der Waals surface area contributed by atoms with Crippen LogP contribution < -0.4 is 11.2 Å². The second kappa shape index (κ2) is 12.3. The Labute approximate surface area is 236 Å². The SMILES string of the molecule is CCOC(=O)/C=C1/[C@@H](O)[C@H](n2ccc(=O)[nH]c2=O)O[C@@H]1COC(c1ccccc1)(c1ccccc1)c1ccccc1. The molecule has 210 valence electrons. The number of aromatic amines is 1. The number of carbonyl (C=O) groups is 1. The lowest BCUT2D eigenvalue weighted by Crippen LogP contribution is -2.36. The van der Waals surface area contributed by atoms with Crippen LogP contribution in [0.1, 0.15) is 29.8 Å². The molecule has 1 saturated heterocycles. The molecule has 0 bridgehead atoms. The number of nitrogens with one attached hydrogen (secondary N) is 1. The standard InChI is InChI=1S/C32H30N2O7/c1-2-39-28(36)20-25-26(41-30(29(25)37)34-19-18-27(35)33-31(34)38)21-40-32(22-12-6-3-7-13-22,23-14-8-4-9-15-23)24-16-10-5-11-17-24/h3-20,26,29-30,37H,2,21H2,1H3,(H,33,35,38)/b25-20+/t26-,29-,30-/m1/s1. The highest BCUT2D eigenvalue weighted by molar-refractivity contribution is 5.83. The smallest absolute Gasteiger partial charge is 0.330 e. The van der Waals surface area contributed by atoms with Crippen molar-refractivity contribution >= 4 is 5.97 Å². The van der Waals surface area contributed by atoms with Crippen molar-refractivity contribution in [3.8, 4) is 0 Å². The van der Waals surface area contributed by atoms with Gasteiger partial charge >= 0.3 is 11.7 Å². The number of carbonyl (C=O) groups excluding carboxylic acids is 1. The highest BCUT2D eigenvalue weighted by Crippen LogP contribution is 2.42. The summed E-state index contributed by atoms with van der Waals surface area (Å²) in [7, 11) is 0. The number of esters is 1. The van der Waals surface area contributed by atoms with Crippen LogP contribution in [-0.4, -0.2) is 46.0 Å². The molecule has 2 heterocycles. The summed E-state index contributed by atoms with van der Waals surface area (Å²) in [6.45, 7) is 1.72. The van der Waals surface area contributed by atoms with Gasteiger partial charge in [0.2, 0.25) is 0 Å². The Kier molecular flexibility index (Phi) is 8.39. The minimum absolute atomic E-state index is 0.102. The van der Waals surface area contributed by atoms with E-state index < -0.39 is 41.3 Å². The lowest BCUT2D eigenvalue weighted by molar-refractivity contribution is -0.137. The quantitative estimate of drug-likeness (QED) is 0.185.